The first-order valence-corrected chi connectivity index (χ1v) is 9.48. The highest BCUT2D eigenvalue weighted by Crippen LogP contribution is 2.26. The summed E-state index contributed by atoms with van der Waals surface area (Å²) in [6, 6.07) is 10.6. The van der Waals surface area contributed by atoms with Crippen molar-refractivity contribution in [1.82, 2.24) is 5.32 Å². The molecule has 0 aromatic heterocycles. The number of rotatable bonds is 5. The maximum Gasteiger partial charge on any atom is 0.261 e. The molecule has 1 aliphatic rings. The van der Waals surface area contributed by atoms with E-state index in [-0.39, 0.29) is 26.9 Å². The first kappa shape index (κ1) is 17.1. The molecule has 5 nitrogen and oxygen atoms in total. The molecular formula is C16H14Cl2N2O3S. The molecule has 0 aliphatic heterocycles. The molecule has 3 rings (SSSR count). The predicted molar refractivity (Wildman–Crippen MR) is 94.2 cm³/mol. The third kappa shape index (κ3) is 4.01. The number of benzene rings is 2. The number of halogens is 2. The fourth-order valence-corrected chi connectivity index (χ4v) is 3.49. The van der Waals surface area contributed by atoms with E-state index in [1.807, 2.05) is 0 Å². The maximum absolute atomic E-state index is 12.3. The normalized spacial score (nSPS) is 14.2. The molecule has 0 spiro atoms. The summed E-state index contributed by atoms with van der Waals surface area (Å²) in [6.45, 7) is 0. The van der Waals surface area contributed by atoms with Crippen molar-refractivity contribution < 1.29 is 13.2 Å². The summed E-state index contributed by atoms with van der Waals surface area (Å²) in [4.78, 5) is 11.9. The second-order valence-electron chi connectivity index (χ2n) is 5.51. The Labute approximate surface area is 150 Å². The first-order chi connectivity index (χ1) is 11.3. The Balaban J connectivity index is 1.74. The lowest BCUT2D eigenvalue weighted by atomic mass is 10.2. The highest BCUT2D eigenvalue weighted by atomic mass is 35.5. The van der Waals surface area contributed by atoms with Crippen molar-refractivity contribution in [3.63, 3.8) is 0 Å². The molecule has 1 saturated carbocycles. The Morgan fingerprint density at radius 2 is 1.67 bits per heavy atom. The lowest BCUT2D eigenvalue weighted by molar-refractivity contribution is 0.0951. The molecule has 0 heterocycles. The molecule has 2 aromatic rings. The molecule has 2 aromatic carbocycles. The van der Waals surface area contributed by atoms with Crippen molar-refractivity contribution in [2.45, 2.75) is 23.8 Å². The van der Waals surface area contributed by atoms with Gasteiger partial charge in [0.15, 0.2) is 0 Å². The number of carbonyl (C=O) groups is 1. The van der Waals surface area contributed by atoms with Gasteiger partial charge in [-0.25, -0.2) is 8.42 Å². The number of hydrogen-bond donors (Lipinski definition) is 2. The van der Waals surface area contributed by atoms with Gasteiger partial charge in [-0.3, -0.25) is 9.52 Å². The van der Waals surface area contributed by atoms with Gasteiger partial charge < -0.3 is 5.32 Å². The fourth-order valence-electron chi connectivity index (χ4n) is 2.04. The Kier molecular flexibility index (Phi) is 4.71. The summed E-state index contributed by atoms with van der Waals surface area (Å²) >= 11 is 11.6. The molecule has 2 N–H and O–H groups in total. The van der Waals surface area contributed by atoms with Gasteiger partial charge in [-0.2, -0.15) is 0 Å². The molecule has 1 amide bonds. The van der Waals surface area contributed by atoms with Gasteiger partial charge in [0.2, 0.25) is 0 Å². The molecule has 0 saturated heterocycles. The molecule has 0 atom stereocenters. The van der Waals surface area contributed by atoms with E-state index in [0.717, 1.165) is 12.8 Å². The van der Waals surface area contributed by atoms with Crippen LogP contribution in [0.5, 0.6) is 0 Å². The molecule has 24 heavy (non-hydrogen) atoms. The van der Waals surface area contributed by atoms with Gasteiger partial charge in [0.25, 0.3) is 15.9 Å². The minimum Gasteiger partial charge on any atom is -0.349 e. The number of anilines is 1. The van der Waals surface area contributed by atoms with Gasteiger partial charge in [-0.05, 0) is 55.3 Å². The van der Waals surface area contributed by atoms with E-state index >= 15 is 0 Å². The minimum atomic E-state index is -3.79. The van der Waals surface area contributed by atoms with E-state index in [9.17, 15) is 13.2 Å². The summed E-state index contributed by atoms with van der Waals surface area (Å²) < 4.78 is 27.1. The molecular weight excluding hydrogens is 371 g/mol. The quantitative estimate of drug-likeness (QED) is 0.825. The zero-order valence-electron chi connectivity index (χ0n) is 12.4. The highest BCUT2D eigenvalue weighted by molar-refractivity contribution is 7.92. The smallest absolute Gasteiger partial charge is 0.261 e. The van der Waals surface area contributed by atoms with Crippen molar-refractivity contribution in [3.05, 3.63) is 58.1 Å². The maximum atomic E-state index is 12.3. The molecule has 0 radical (unpaired) electrons. The highest BCUT2D eigenvalue weighted by Gasteiger charge is 2.23. The van der Waals surface area contributed by atoms with Crippen molar-refractivity contribution in [3.8, 4) is 0 Å². The Hall–Kier alpha value is -1.76. The van der Waals surface area contributed by atoms with E-state index in [4.69, 9.17) is 23.2 Å². The largest absolute Gasteiger partial charge is 0.349 e. The van der Waals surface area contributed by atoms with Crippen LogP contribution in [0.4, 0.5) is 5.69 Å². The van der Waals surface area contributed by atoms with Crippen LogP contribution < -0.4 is 10.0 Å². The number of nitrogens with one attached hydrogen (secondary N) is 2. The van der Waals surface area contributed by atoms with Crippen LogP contribution in [0.3, 0.4) is 0 Å². The van der Waals surface area contributed by atoms with Crippen molar-refractivity contribution >= 4 is 44.8 Å². The van der Waals surface area contributed by atoms with E-state index in [2.05, 4.69) is 10.0 Å². The predicted octanol–water partition coefficient (Wildman–Crippen LogP) is 3.69. The minimum absolute atomic E-state index is 0.00690. The topological polar surface area (TPSA) is 75.3 Å². The number of sulfonamides is 1. The summed E-state index contributed by atoms with van der Waals surface area (Å²) in [6.07, 6.45) is 2.01. The van der Waals surface area contributed by atoms with E-state index < -0.39 is 10.0 Å². The Bertz CT molecular complexity index is 879. The summed E-state index contributed by atoms with van der Waals surface area (Å²) in [7, 11) is -3.79. The van der Waals surface area contributed by atoms with Crippen molar-refractivity contribution in [2.75, 3.05) is 4.72 Å². The summed E-state index contributed by atoms with van der Waals surface area (Å²) in [5.41, 5.74) is 0.837. The van der Waals surface area contributed by atoms with Gasteiger partial charge >= 0.3 is 0 Å². The van der Waals surface area contributed by atoms with E-state index in [1.165, 1.54) is 30.3 Å². The lowest BCUT2D eigenvalue weighted by Gasteiger charge is -2.10. The van der Waals surface area contributed by atoms with Crippen LogP contribution in [-0.2, 0) is 10.0 Å². The molecule has 1 aliphatic carbocycles. The van der Waals surface area contributed by atoms with Crippen LogP contribution in [0, 0.1) is 0 Å². The second kappa shape index (κ2) is 6.63. The van der Waals surface area contributed by atoms with E-state index in [0.29, 0.717) is 11.3 Å². The SMILES string of the molecule is O=C(NC1CC1)c1ccc(NS(=O)(=O)c2ccc(Cl)c(Cl)c2)cc1. The molecule has 0 unspecified atom stereocenters. The van der Waals surface area contributed by atoms with Crippen LogP contribution in [-0.4, -0.2) is 20.4 Å². The van der Waals surface area contributed by atoms with E-state index in [1.54, 1.807) is 12.1 Å². The molecule has 126 valence electrons. The number of amides is 1. The van der Waals surface area contributed by atoms with Crippen LogP contribution in [0.1, 0.15) is 23.2 Å². The fraction of sp³-hybridized carbons (Fsp3) is 0.188. The zero-order valence-corrected chi connectivity index (χ0v) is 14.8. The monoisotopic (exact) mass is 384 g/mol. The van der Waals surface area contributed by atoms with Gasteiger partial charge in [0.1, 0.15) is 0 Å². The van der Waals surface area contributed by atoms with Gasteiger partial charge in [-0.15, -0.1) is 0 Å². The average molecular weight is 385 g/mol. The third-order valence-electron chi connectivity index (χ3n) is 3.51. The Morgan fingerprint density at radius 3 is 2.25 bits per heavy atom. The van der Waals surface area contributed by atoms with Crippen molar-refractivity contribution in [1.29, 1.82) is 0 Å². The standard InChI is InChI=1S/C16H14Cl2N2O3S/c17-14-8-7-13(9-15(14)18)24(22,23)20-12-3-1-10(2-4-12)16(21)19-11-5-6-11/h1-4,7-9,11,20H,5-6H2,(H,19,21). The molecule has 8 heteroatoms. The Morgan fingerprint density at radius 1 is 1.00 bits per heavy atom. The summed E-state index contributed by atoms with van der Waals surface area (Å²) in [5, 5.41) is 3.31. The van der Waals surface area contributed by atoms with Crippen LogP contribution in [0.25, 0.3) is 0 Å². The van der Waals surface area contributed by atoms with Gasteiger partial charge in [0, 0.05) is 17.3 Å². The zero-order chi connectivity index (χ0) is 17.3. The van der Waals surface area contributed by atoms with Gasteiger partial charge in [-0.1, -0.05) is 23.2 Å². The number of carbonyl (C=O) groups excluding carboxylic acids is 1. The van der Waals surface area contributed by atoms with Crippen LogP contribution in [0.15, 0.2) is 47.4 Å². The first-order valence-electron chi connectivity index (χ1n) is 7.24. The lowest BCUT2D eigenvalue weighted by Crippen LogP contribution is -2.25. The second-order valence-corrected chi connectivity index (χ2v) is 8.00. The van der Waals surface area contributed by atoms with Gasteiger partial charge in [0.05, 0.1) is 14.9 Å². The average Bonchev–Trinajstić information content (AvgIpc) is 3.34. The molecule has 0 bridgehead atoms. The number of hydrogen-bond acceptors (Lipinski definition) is 3. The summed E-state index contributed by atoms with van der Waals surface area (Å²) in [5.74, 6) is -0.156. The molecule has 1 fully saturated rings. The van der Waals surface area contributed by atoms with Crippen LogP contribution >= 0.6 is 23.2 Å². The van der Waals surface area contributed by atoms with Crippen LogP contribution in [0.2, 0.25) is 10.0 Å². The van der Waals surface area contributed by atoms with Crippen molar-refractivity contribution in [2.24, 2.45) is 0 Å². The third-order valence-corrected chi connectivity index (χ3v) is 5.63.